The molecule has 0 radical (unpaired) electrons. The molecule has 1 heterocycles. The second kappa shape index (κ2) is 6.90. The van der Waals surface area contributed by atoms with Gasteiger partial charge in [0.1, 0.15) is 0 Å². The molecule has 1 fully saturated rings. The molecule has 0 aliphatic carbocycles. The van der Waals surface area contributed by atoms with Crippen LogP contribution in [0.2, 0.25) is 5.02 Å². The van der Waals surface area contributed by atoms with E-state index in [4.69, 9.17) is 11.6 Å². The molecule has 2 rings (SSSR count). The number of hydrogen-bond acceptors (Lipinski definition) is 2. The highest BCUT2D eigenvalue weighted by Gasteiger charge is 2.23. The van der Waals surface area contributed by atoms with Crippen LogP contribution in [0.1, 0.15) is 31.4 Å². The average Bonchev–Trinajstić information content (AvgIpc) is 2.40. The second-order valence-electron chi connectivity index (χ2n) is 4.76. The molecular weight excluding hydrogens is 312 g/mol. The molecule has 0 unspecified atom stereocenters. The van der Waals surface area contributed by atoms with Crippen molar-refractivity contribution >= 4 is 27.5 Å². The fraction of sp³-hybridized carbons (Fsp3) is 0.571. The zero-order valence-corrected chi connectivity index (χ0v) is 13.1. The van der Waals surface area contributed by atoms with Crippen molar-refractivity contribution in [2.45, 2.75) is 25.8 Å². The van der Waals surface area contributed by atoms with Crippen molar-refractivity contribution in [3.63, 3.8) is 0 Å². The Kier molecular flexibility index (Phi) is 5.49. The van der Waals surface area contributed by atoms with Gasteiger partial charge in [0.25, 0.3) is 0 Å². The summed E-state index contributed by atoms with van der Waals surface area (Å²) in [5, 5.41) is 4.29. The van der Waals surface area contributed by atoms with Crippen molar-refractivity contribution in [2.24, 2.45) is 0 Å². The standard InChI is InChI=1S/C14H20BrClN2/c1-2-3-14(18-8-6-17-7-9-18)12-10-11(15)4-5-13(12)16/h4-5,10,14,17H,2-3,6-9H2,1H3/t14-/m1/s1. The molecule has 100 valence electrons. The topological polar surface area (TPSA) is 15.3 Å². The first-order chi connectivity index (χ1) is 8.72. The lowest BCUT2D eigenvalue weighted by Crippen LogP contribution is -2.45. The van der Waals surface area contributed by atoms with E-state index in [2.05, 4.69) is 39.1 Å². The maximum absolute atomic E-state index is 6.38. The number of rotatable bonds is 4. The minimum Gasteiger partial charge on any atom is -0.314 e. The monoisotopic (exact) mass is 330 g/mol. The van der Waals surface area contributed by atoms with Crippen molar-refractivity contribution in [1.82, 2.24) is 10.2 Å². The number of benzene rings is 1. The van der Waals surface area contributed by atoms with Crippen LogP contribution in [-0.2, 0) is 0 Å². The Labute approximate surface area is 123 Å². The first-order valence-electron chi connectivity index (χ1n) is 6.62. The van der Waals surface area contributed by atoms with Gasteiger partial charge in [-0.25, -0.2) is 0 Å². The van der Waals surface area contributed by atoms with E-state index in [1.165, 1.54) is 12.0 Å². The molecule has 1 N–H and O–H groups in total. The maximum atomic E-state index is 6.38. The summed E-state index contributed by atoms with van der Waals surface area (Å²) in [7, 11) is 0. The number of nitrogens with one attached hydrogen (secondary N) is 1. The summed E-state index contributed by atoms with van der Waals surface area (Å²) in [6.45, 7) is 6.60. The van der Waals surface area contributed by atoms with Gasteiger partial charge < -0.3 is 5.32 Å². The zero-order valence-electron chi connectivity index (χ0n) is 10.8. The summed E-state index contributed by atoms with van der Waals surface area (Å²) in [5.74, 6) is 0. The van der Waals surface area contributed by atoms with E-state index in [0.29, 0.717) is 6.04 Å². The van der Waals surface area contributed by atoms with E-state index in [-0.39, 0.29) is 0 Å². The van der Waals surface area contributed by atoms with Crippen LogP contribution in [0.5, 0.6) is 0 Å². The van der Waals surface area contributed by atoms with Crippen LogP contribution < -0.4 is 5.32 Å². The van der Waals surface area contributed by atoms with Gasteiger partial charge in [0.15, 0.2) is 0 Å². The van der Waals surface area contributed by atoms with Gasteiger partial charge in [-0.2, -0.15) is 0 Å². The molecule has 1 aromatic rings. The molecule has 2 nitrogen and oxygen atoms in total. The fourth-order valence-electron chi connectivity index (χ4n) is 2.57. The van der Waals surface area contributed by atoms with Gasteiger partial charge >= 0.3 is 0 Å². The van der Waals surface area contributed by atoms with Gasteiger partial charge in [-0.15, -0.1) is 0 Å². The molecule has 0 amide bonds. The second-order valence-corrected chi connectivity index (χ2v) is 6.08. The minimum atomic E-state index is 0.446. The van der Waals surface area contributed by atoms with E-state index in [0.717, 1.165) is 42.1 Å². The summed E-state index contributed by atoms with van der Waals surface area (Å²) < 4.78 is 1.11. The predicted molar refractivity (Wildman–Crippen MR) is 81.2 cm³/mol. The SMILES string of the molecule is CCC[C@H](c1cc(Br)ccc1Cl)N1CCNCC1. The summed E-state index contributed by atoms with van der Waals surface area (Å²) in [6, 6.07) is 6.62. The van der Waals surface area contributed by atoms with E-state index in [1.54, 1.807) is 0 Å². The quantitative estimate of drug-likeness (QED) is 0.901. The Morgan fingerprint density at radius 3 is 2.78 bits per heavy atom. The Bertz CT molecular complexity index is 391. The molecule has 1 saturated heterocycles. The highest BCUT2D eigenvalue weighted by molar-refractivity contribution is 9.10. The molecule has 1 atom stereocenters. The molecule has 4 heteroatoms. The van der Waals surface area contributed by atoms with Crippen molar-refractivity contribution in [3.8, 4) is 0 Å². The third-order valence-electron chi connectivity index (χ3n) is 3.47. The molecule has 18 heavy (non-hydrogen) atoms. The van der Waals surface area contributed by atoms with Gasteiger partial charge in [-0.1, -0.05) is 40.9 Å². The Morgan fingerprint density at radius 1 is 1.39 bits per heavy atom. The lowest BCUT2D eigenvalue weighted by molar-refractivity contribution is 0.164. The van der Waals surface area contributed by atoms with Gasteiger partial charge in [-0.3, -0.25) is 4.90 Å². The summed E-state index contributed by atoms with van der Waals surface area (Å²) >= 11 is 9.93. The van der Waals surface area contributed by atoms with Gasteiger partial charge in [0.2, 0.25) is 0 Å². The Morgan fingerprint density at radius 2 is 2.11 bits per heavy atom. The van der Waals surface area contributed by atoms with Crippen LogP contribution in [0.15, 0.2) is 22.7 Å². The Hall–Kier alpha value is -0.0900. The van der Waals surface area contributed by atoms with Crippen molar-refractivity contribution in [2.75, 3.05) is 26.2 Å². The lowest BCUT2D eigenvalue weighted by atomic mass is 10.00. The molecule has 1 aliphatic rings. The van der Waals surface area contributed by atoms with E-state index >= 15 is 0 Å². The molecule has 0 spiro atoms. The zero-order chi connectivity index (χ0) is 13.0. The smallest absolute Gasteiger partial charge is 0.0454 e. The van der Waals surface area contributed by atoms with Crippen LogP contribution >= 0.6 is 27.5 Å². The third-order valence-corrected chi connectivity index (χ3v) is 4.31. The molecule has 1 aliphatic heterocycles. The molecule has 0 bridgehead atoms. The highest BCUT2D eigenvalue weighted by Crippen LogP contribution is 2.33. The number of piperazine rings is 1. The van der Waals surface area contributed by atoms with Crippen LogP contribution in [-0.4, -0.2) is 31.1 Å². The molecule has 0 aromatic heterocycles. The van der Waals surface area contributed by atoms with Crippen molar-refractivity contribution < 1.29 is 0 Å². The van der Waals surface area contributed by atoms with Crippen molar-refractivity contribution in [1.29, 1.82) is 0 Å². The predicted octanol–water partition coefficient (Wildman–Crippen LogP) is 3.85. The normalized spacial score (nSPS) is 18.8. The molecular formula is C14H20BrClN2. The third kappa shape index (κ3) is 3.47. The van der Waals surface area contributed by atoms with Crippen LogP contribution in [0.4, 0.5) is 0 Å². The highest BCUT2D eigenvalue weighted by atomic mass is 79.9. The van der Waals surface area contributed by atoms with E-state index in [9.17, 15) is 0 Å². The lowest BCUT2D eigenvalue weighted by Gasteiger charge is -2.35. The van der Waals surface area contributed by atoms with E-state index in [1.807, 2.05) is 12.1 Å². The molecule has 0 saturated carbocycles. The summed E-state index contributed by atoms with van der Waals surface area (Å²) in [5.41, 5.74) is 1.26. The number of hydrogen-bond donors (Lipinski definition) is 1. The fourth-order valence-corrected chi connectivity index (χ4v) is 3.19. The van der Waals surface area contributed by atoms with Crippen LogP contribution in [0.3, 0.4) is 0 Å². The average molecular weight is 332 g/mol. The maximum Gasteiger partial charge on any atom is 0.0454 e. The largest absolute Gasteiger partial charge is 0.314 e. The summed E-state index contributed by atoms with van der Waals surface area (Å²) in [6.07, 6.45) is 2.34. The molecule has 1 aromatic carbocycles. The van der Waals surface area contributed by atoms with Gasteiger partial charge in [0, 0.05) is 41.7 Å². The first-order valence-corrected chi connectivity index (χ1v) is 7.79. The van der Waals surface area contributed by atoms with Crippen molar-refractivity contribution in [3.05, 3.63) is 33.3 Å². The minimum absolute atomic E-state index is 0.446. The number of halogens is 2. The van der Waals surface area contributed by atoms with Gasteiger partial charge in [0.05, 0.1) is 0 Å². The van der Waals surface area contributed by atoms with Crippen LogP contribution in [0.25, 0.3) is 0 Å². The summed E-state index contributed by atoms with van der Waals surface area (Å²) in [4.78, 5) is 2.55. The number of nitrogens with zero attached hydrogens (tertiary/aromatic N) is 1. The van der Waals surface area contributed by atoms with Gasteiger partial charge in [-0.05, 0) is 30.2 Å². The van der Waals surface area contributed by atoms with E-state index < -0.39 is 0 Å². The van der Waals surface area contributed by atoms with Crippen LogP contribution in [0, 0.1) is 0 Å². The first kappa shape index (κ1) is 14.3. The Balaban J connectivity index is 2.24.